The molecule has 2 rings (SSSR count). The summed E-state index contributed by atoms with van der Waals surface area (Å²) in [5.74, 6) is -0.912. The van der Waals surface area contributed by atoms with E-state index in [4.69, 9.17) is 0 Å². The largest absolute Gasteiger partial charge is 0.481 e. The average Bonchev–Trinajstić information content (AvgIpc) is 2.85. The van der Waals surface area contributed by atoms with Gasteiger partial charge in [-0.2, -0.15) is 4.31 Å². The van der Waals surface area contributed by atoms with Gasteiger partial charge in [0.05, 0.1) is 5.41 Å². The SMILES string of the molecule is CCC1(C(=O)O)CCCN(S(=O)(=O)c2sccc2Br)C1. The lowest BCUT2D eigenvalue weighted by Gasteiger charge is -2.38. The number of thiophene rings is 1. The predicted octanol–water partition coefficient (Wildman–Crippen LogP) is 2.78. The molecule has 1 N–H and O–H groups in total. The molecular weight excluding hydrogens is 366 g/mol. The van der Waals surface area contributed by atoms with Crippen molar-refractivity contribution in [3.05, 3.63) is 15.9 Å². The Hall–Kier alpha value is -0.440. The molecule has 0 aliphatic carbocycles. The highest BCUT2D eigenvalue weighted by Crippen LogP contribution is 2.38. The number of rotatable bonds is 4. The molecule has 1 atom stereocenters. The minimum Gasteiger partial charge on any atom is -0.481 e. The summed E-state index contributed by atoms with van der Waals surface area (Å²) < 4.78 is 27.3. The molecule has 1 aromatic rings. The maximum absolute atomic E-state index is 12.6. The van der Waals surface area contributed by atoms with Gasteiger partial charge in [0.15, 0.2) is 0 Å². The summed E-state index contributed by atoms with van der Waals surface area (Å²) in [4.78, 5) is 11.5. The van der Waals surface area contributed by atoms with Gasteiger partial charge in [-0.1, -0.05) is 6.92 Å². The Morgan fingerprint density at radius 1 is 1.60 bits per heavy atom. The predicted molar refractivity (Wildman–Crippen MR) is 80.4 cm³/mol. The molecule has 112 valence electrons. The standard InChI is InChI=1S/C12H16BrNO4S2/c1-2-12(11(15)16)5-3-6-14(8-12)20(17,18)10-9(13)4-7-19-10/h4,7H,2-3,5-6,8H2,1H3,(H,15,16). The molecule has 0 aromatic carbocycles. The number of carboxylic acid groups (broad SMARTS) is 1. The average molecular weight is 382 g/mol. The molecule has 1 aromatic heterocycles. The van der Waals surface area contributed by atoms with Gasteiger partial charge in [-0.15, -0.1) is 11.3 Å². The van der Waals surface area contributed by atoms with Gasteiger partial charge in [0.2, 0.25) is 0 Å². The summed E-state index contributed by atoms with van der Waals surface area (Å²) in [6.07, 6.45) is 1.53. The highest BCUT2D eigenvalue weighted by atomic mass is 79.9. The first kappa shape index (κ1) is 15.9. The third kappa shape index (κ3) is 2.66. The molecule has 1 fully saturated rings. The van der Waals surface area contributed by atoms with E-state index < -0.39 is 21.4 Å². The highest BCUT2D eigenvalue weighted by Gasteiger charge is 2.44. The van der Waals surface area contributed by atoms with Gasteiger partial charge in [-0.05, 0) is 46.6 Å². The number of aliphatic carboxylic acids is 1. The van der Waals surface area contributed by atoms with Gasteiger partial charge in [0.1, 0.15) is 4.21 Å². The lowest BCUT2D eigenvalue weighted by Crippen LogP contribution is -2.49. The molecule has 8 heteroatoms. The summed E-state index contributed by atoms with van der Waals surface area (Å²) in [5, 5.41) is 11.1. The normalized spacial score (nSPS) is 24.7. The fourth-order valence-corrected chi connectivity index (χ4v) is 6.50. The molecule has 0 spiro atoms. The zero-order valence-electron chi connectivity index (χ0n) is 11.0. The highest BCUT2D eigenvalue weighted by molar-refractivity contribution is 9.10. The summed E-state index contributed by atoms with van der Waals surface area (Å²) in [6, 6.07) is 1.69. The van der Waals surface area contributed by atoms with E-state index in [1.165, 1.54) is 4.31 Å². The van der Waals surface area contributed by atoms with Crippen molar-refractivity contribution < 1.29 is 18.3 Å². The number of nitrogens with zero attached hydrogens (tertiary/aromatic N) is 1. The van der Waals surface area contributed by atoms with Gasteiger partial charge >= 0.3 is 5.97 Å². The van der Waals surface area contributed by atoms with E-state index in [9.17, 15) is 18.3 Å². The summed E-state index contributed by atoms with van der Waals surface area (Å²) in [7, 11) is -3.62. The van der Waals surface area contributed by atoms with Crippen LogP contribution in [-0.4, -0.2) is 36.9 Å². The molecule has 20 heavy (non-hydrogen) atoms. The van der Waals surface area contributed by atoms with Crippen molar-refractivity contribution in [2.75, 3.05) is 13.1 Å². The van der Waals surface area contributed by atoms with Crippen LogP contribution in [0.5, 0.6) is 0 Å². The number of carbonyl (C=O) groups is 1. The Bertz CT molecular complexity index is 613. The van der Waals surface area contributed by atoms with Crippen molar-refractivity contribution in [1.82, 2.24) is 4.31 Å². The molecule has 2 heterocycles. The second-order valence-corrected chi connectivity index (χ2v) is 8.84. The summed E-state index contributed by atoms with van der Waals surface area (Å²) >= 11 is 4.37. The minimum absolute atomic E-state index is 0.0471. The lowest BCUT2D eigenvalue weighted by atomic mass is 9.78. The topological polar surface area (TPSA) is 74.7 Å². The van der Waals surface area contributed by atoms with Crippen LogP contribution in [0.1, 0.15) is 26.2 Å². The number of hydrogen-bond donors (Lipinski definition) is 1. The summed E-state index contributed by atoms with van der Waals surface area (Å²) in [5.41, 5.74) is -0.963. The third-order valence-corrected chi connectivity index (χ3v) is 8.32. The summed E-state index contributed by atoms with van der Waals surface area (Å²) in [6.45, 7) is 2.22. The van der Waals surface area contributed by atoms with Gasteiger partial charge in [-0.25, -0.2) is 8.42 Å². The first-order valence-corrected chi connectivity index (χ1v) is 9.41. The fraction of sp³-hybridized carbons (Fsp3) is 0.583. The van der Waals surface area contributed by atoms with Crippen LogP contribution >= 0.6 is 27.3 Å². The van der Waals surface area contributed by atoms with E-state index in [-0.39, 0.29) is 10.8 Å². The van der Waals surface area contributed by atoms with Crippen LogP contribution in [0.3, 0.4) is 0 Å². The first-order chi connectivity index (χ1) is 9.33. The lowest BCUT2D eigenvalue weighted by molar-refractivity contribution is -0.151. The number of halogens is 1. The second kappa shape index (κ2) is 5.75. The maximum Gasteiger partial charge on any atom is 0.310 e. The van der Waals surface area contributed by atoms with Gasteiger partial charge in [0, 0.05) is 17.6 Å². The van der Waals surface area contributed by atoms with Crippen LogP contribution in [0.15, 0.2) is 20.1 Å². The van der Waals surface area contributed by atoms with Crippen LogP contribution in [0.25, 0.3) is 0 Å². The van der Waals surface area contributed by atoms with Gasteiger partial charge in [0.25, 0.3) is 10.0 Å². The van der Waals surface area contributed by atoms with Crippen LogP contribution < -0.4 is 0 Å². The van der Waals surface area contributed by atoms with E-state index >= 15 is 0 Å². The molecule has 1 aliphatic heterocycles. The molecule has 0 amide bonds. The molecule has 1 saturated heterocycles. The number of hydrogen-bond acceptors (Lipinski definition) is 4. The quantitative estimate of drug-likeness (QED) is 0.869. The van der Waals surface area contributed by atoms with Crippen molar-refractivity contribution in [1.29, 1.82) is 0 Å². The Labute approximate surface area is 130 Å². The molecule has 1 unspecified atom stereocenters. The number of sulfonamides is 1. The Kier molecular flexibility index (Phi) is 4.58. The molecular formula is C12H16BrNO4S2. The van der Waals surface area contributed by atoms with Gasteiger partial charge in [-0.3, -0.25) is 4.79 Å². The van der Waals surface area contributed by atoms with Crippen molar-refractivity contribution in [2.24, 2.45) is 5.41 Å². The van der Waals surface area contributed by atoms with E-state index in [1.807, 2.05) is 0 Å². The zero-order valence-corrected chi connectivity index (χ0v) is 14.2. The molecule has 1 aliphatic rings. The number of piperidine rings is 1. The second-order valence-electron chi connectivity index (χ2n) is 4.94. The van der Waals surface area contributed by atoms with Crippen LogP contribution in [0.2, 0.25) is 0 Å². The third-order valence-electron chi connectivity index (χ3n) is 3.83. The number of carboxylic acids is 1. The Morgan fingerprint density at radius 2 is 2.30 bits per heavy atom. The van der Waals surface area contributed by atoms with E-state index in [0.29, 0.717) is 30.3 Å². The van der Waals surface area contributed by atoms with Crippen LogP contribution in [0.4, 0.5) is 0 Å². The van der Waals surface area contributed by atoms with Crippen molar-refractivity contribution >= 4 is 43.3 Å². The maximum atomic E-state index is 12.6. The van der Waals surface area contributed by atoms with Crippen LogP contribution in [0, 0.1) is 5.41 Å². The van der Waals surface area contributed by atoms with Crippen molar-refractivity contribution in [3.8, 4) is 0 Å². The zero-order chi connectivity index (χ0) is 15.0. The minimum atomic E-state index is -3.62. The smallest absolute Gasteiger partial charge is 0.310 e. The first-order valence-electron chi connectivity index (χ1n) is 6.30. The monoisotopic (exact) mass is 381 g/mol. The van der Waals surface area contributed by atoms with Crippen molar-refractivity contribution in [3.63, 3.8) is 0 Å². The van der Waals surface area contributed by atoms with E-state index in [2.05, 4.69) is 15.9 Å². The van der Waals surface area contributed by atoms with Crippen molar-refractivity contribution in [2.45, 2.75) is 30.4 Å². The molecule has 0 radical (unpaired) electrons. The molecule has 0 bridgehead atoms. The molecule has 0 saturated carbocycles. The van der Waals surface area contributed by atoms with Crippen LogP contribution in [-0.2, 0) is 14.8 Å². The van der Waals surface area contributed by atoms with E-state index in [0.717, 1.165) is 11.3 Å². The Balaban J connectivity index is 2.34. The molecule has 5 nitrogen and oxygen atoms in total. The fourth-order valence-electron chi connectivity index (χ4n) is 2.49. The van der Waals surface area contributed by atoms with Gasteiger partial charge < -0.3 is 5.11 Å². The Morgan fingerprint density at radius 3 is 2.80 bits per heavy atom. The van der Waals surface area contributed by atoms with E-state index in [1.54, 1.807) is 18.4 Å².